The van der Waals surface area contributed by atoms with Crippen LogP contribution in [0.15, 0.2) is 60.6 Å². The molecule has 0 radical (unpaired) electrons. The van der Waals surface area contributed by atoms with Crippen molar-refractivity contribution in [3.05, 3.63) is 65.6 Å². The molecule has 0 unspecified atom stereocenters. The maximum atomic E-state index is 12.4. The van der Waals surface area contributed by atoms with Crippen LogP contribution in [0.1, 0.15) is 0 Å². The quantitative estimate of drug-likeness (QED) is 0.668. The van der Waals surface area contributed by atoms with Crippen LogP contribution in [0, 0.1) is 0 Å². The molecule has 0 bridgehead atoms. The summed E-state index contributed by atoms with van der Waals surface area (Å²) in [5.74, 6) is -2.09. The summed E-state index contributed by atoms with van der Waals surface area (Å²) < 4.78 is 1.34. The third-order valence-electron chi connectivity index (χ3n) is 3.10. The minimum atomic E-state index is -0.814. The van der Waals surface area contributed by atoms with Crippen molar-refractivity contribution in [2.45, 2.75) is 0 Å². The van der Waals surface area contributed by atoms with Crippen LogP contribution < -0.4 is 9.99 Å². The Morgan fingerprint density at radius 2 is 1.64 bits per heavy atom. The first-order chi connectivity index (χ1) is 10.6. The molecule has 1 aromatic heterocycles. The Morgan fingerprint density at radius 3 is 2.27 bits per heavy atom. The highest BCUT2D eigenvalue weighted by Gasteiger charge is 2.45. The van der Waals surface area contributed by atoms with Gasteiger partial charge in [-0.05, 0) is 12.1 Å². The van der Waals surface area contributed by atoms with Crippen LogP contribution in [0.25, 0.3) is 5.70 Å². The molecule has 1 aromatic carbocycles. The minimum absolute atomic E-state index is 0.134. The number of anilines is 1. The number of hydrazine groups is 1. The van der Waals surface area contributed by atoms with Gasteiger partial charge in [0.25, 0.3) is 5.76 Å². The largest absolute Gasteiger partial charge is 0.498 e. The molecular formula is C15H11ClN3O3+. The number of aliphatic hydroxyl groups is 1. The lowest BCUT2D eigenvalue weighted by molar-refractivity contribution is -0.578. The Balaban J connectivity index is 1.92. The van der Waals surface area contributed by atoms with Gasteiger partial charge in [0.15, 0.2) is 12.4 Å². The van der Waals surface area contributed by atoms with Crippen LogP contribution >= 0.6 is 11.6 Å². The number of halogens is 1. The summed E-state index contributed by atoms with van der Waals surface area (Å²) in [5.41, 5.74) is 3.10. The summed E-state index contributed by atoms with van der Waals surface area (Å²) in [7, 11) is 0. The molecule has 0 spiro atoms. The molecule has 0 saturated heterocycles. The molecule has 0 aliphatic carbocycles. The first-order valence-electron chi connectivity index (χ1n) is 6.39. The number of nitrogens with one attached hydrogen (secondary N) is 1. The Labute approximate surface area is 130 Å². The number of carbonyl (C=O) groups excluding carboxylic acids is 2. The molecule has 2 amide bonds. The van der Waals surface area contributed by atoms with Gasteiger partial charge in [-0.1, -0.05) is 29.8 Å². The number of benzene rings is 1. The van der Waals surface area contributed by atoms with E-state index in [1.54, 1.807) is 36.4 Å². The van der Waals surface area contributed by atoms with Crippen LogP contribution in [-0.2, 0) is 9.59 Å². The van der Waals surface area contributed by atoms with E-state index < -0.39 is 17.6 Å². The second-order valence-corrected chi connectivity index (χ2v) is 4.98. The molecule has 3 rings (SSSR count). The maximum Gasteiger partial charge on any atom is 0.349 e. The van der Waals surface area contributed by atoms with E-state index in [-0.39, 0.29) is 5.70 Å². The highest BCUT2D eigenvalue weighted by molar-refractivity contribution is 6.30. The number of hydrogen-bond donors (Lipinski definition) is 2. The topological polar surface area (TPSA) is 73.5 Å². The van der Waals surface area contributed by atoms with Gasteiger partial charge in [-0.2, -0.15) is 9.58 Å². The van der Waals surface area contributed by atoms with Crippen molar-refractivity contribution in [3.8, 4) is 0 Å². The Bertz CT molecular complexity index is 772. The van der Waals surface area contributed by atoms with Gasteiger partial charge in [-0.3, -0.25) is 15.0 Å². The van der Waals surface area contributed by atoms with Crippen LogP contribution in [0.5, 0.6) is 0 Å². The third-order valence-corrected chi connectivity index (χ3v) is 3.35. The van der Waals surface area contributed by atoms with Crippen molar-refractivity contribution in [1.82, 2.24) is 5.01 Å². The number of aromatic nitrogens is 1. The number of aliphatic hydroxyl groups excluding tert-OH is 1. The van der Waals surface area contributed by atoms with E-state index in [0.717, 1.165) is 5.01 Å². The molecule has 2 aromatic rings. The summed E-state index contributed by atoms with van der Waals surface area (Å²) >= 11 is 5.79. The highest BCUT2D eigenvalue weighted by atomic mass is 35.5. The Hall–Kier alpha value is -2.86. The number of amides is 2. The SMILES string of the molecule is O=C1C(O)=C([n+]2ccc(Cl)cc2)C(=O)N1Nc1ccccc1. The molecule has 0 atom stereocenters. The van der Waals surface area contributed by atoms with E-state index in [0.29, 0.717) is 10.7 Å². The number of para-hydroxylation sites is 1. The van der Waals surface area contributed by atoms with Crippen molar-refractivity contribution < 1.29 is 19.3 Å². The summed E-state index contributed by atoms with van der Waals surface area (Å²) in [6.45, 7) is 0. The molecule has 22 heavy (non-hydrogen) atoms. The lowest BCUT2D eigenvalue weighted by Gasteiger charge is -2.15. The Morgan fingerprint density at radius 1 is 1.00 bits per heavy atom. The van der Waals surface area contributed by atoms with Crippen molar-refractivity contribution in [2.75, 3.05) is 5.43 Å². The fraction of sp³-hybridized carbons (Fsp3) is 0. The molecule has 110 valence electrons. The van der Waals surface area contributed by atoms with E-state index >= 15 is 0 Å². The summed E-state index contributed by atoms with van der Waals surface area (Å²) in [6.07, 6.45) is 2.98. The van der Waals surface area contributed by atoms with Crippen molar-refractivity contribution in [1.29, 1.82) is 0 Å². The van der Waals surface area contributed by atoms with E-state index in [9.17, 15) is 14.7 Å². The molecule has 0 fully saturated rings. The predicted octanol–water partition coefficient (Wildman–Crippen LogP) is 1.75. The van der Waals surface area contributed by atoms with Gasteiger partial charge in [-0.25, -0.2) is 0 Å². The van der Waals surface area contributed by atoms with Crippen LogP contribution in [0.3, 0.4) is 0 Å². The average Bonchev–Trinajstić information content (AvgIpc) is 2.73. The normalized spacial score (nSPS) is 14.7. The lowest BCUT2D eigenvalue weighted by Crippen LogP contribution is -2.42. The summed E-state index contributed by atoms with van der Waals surface area (Å²) in [4.78, 5) is 24.5. The molecule has 1 aliphatic rings. The second kappa shape index (κ2) is 5.50. The number of rotatable bonds is 3. The van der Waals surface area contributed by atoms with Gasteiger partial charge in [0.1, 0.15) is 0 Å². The standard InChI is InChI=1S/C15H10ClN3O3/c16-10-6-8-18(9-7-10)12-13(20)15(22)19(14(12)21)17-11-4-2-1-3-5-11/h1-9,17H/p+1. The van der Waals surface area contributed by atoms with Gasteiger partial charge in [-0.15, -0.1) is 0 Å². The summed E-state index contributed by atoms with van der Waals surface area (Å²) in [5, 5.41) is 11.2. The zero-order chi connectivity index (χ0) is 15.7. The van der Waals surface area contributed by atoms with Gasteiger partial charge >= 0.3 is 17.5 Å². The minimum Gasteiger partial charge on any atom is -0.498 e. The zero-order valence-electron chi connectivity index (χ0n) is 11.2. The predicted molar refractivity (Wildman–Crippen MR) is 79.4 cm³/mol. The van der Waals surface area contributed by atoms with Gasteiger partial charge in [0, 0.05) is 12.1 Å². The van der Waals surface area contributed by atoms with Crippen molar-refractivity contribution in [3.63, 3.8) is 0 Å². The first kappa shape index (κ1) is 14.1. The van der Waals surface area contributed by atoms with Crippen molar-refractivity contribution in [2.24, 2.45) is 0 Å². The third kappa shape index (κ3) is 2.40. The molecule has 2 heterocycles. The fourth-order valence-electron chi connectivity index (χ4n) is 2.04. The van der Waals surface area contributed by atoms with E-state index in [2.05, 4.69) is 5.43 Å². The monoisotopic (exact) mass is 316 g/mol. The highest BCUT2D eigenvalue weighted by Crippen LogP contribution is 2.20. The molecule has 0 saturated carbocycles. The maximum absolute atomic E-state index is 12.4. The number of pyridine rings is 1. The molecular weight excluding hydrogens is 306 g/mol. The smallest absolute Gasteiger partial charge is 0.349 e. The molecule has 1 aliphatic heterocycles. The van der Waals surface area contributed by atoms with Gasteiger partial charge < -0.3 is 5.11 Å². The van der Waals surface area contributed by atoms with Crippen LogP contribution in [0.4, 0.5) is 5.69 Å². The van der Waals surface area contributed by atoms with Crippen LogP contribution in [-0.4, -0.2) is 21.9 Å². The van der Waals surface area contributed by atoms with E-state index in [1.165, 1.54) is 17.0 Å². The zero-order valence-corrected chi connectivity index (χ0v) is 12.0. The molecule has 6 nitrogen and oxygen atoms in total. The second-order valence-electron chi connectivity index (χ2n) is 4.54. The van der Waals surface area contributed by atoms with Gasteiger partial charge in [0.2, 0.25) is 0 Å². The molecule has 7 heteroatoms. The number of carbonyl (C=O) groups is 2. The number of nitrogens with zero attached hydrogens (tertiary/aromatic N) is 2. The van der Waals surface area contributed by atoms with E-state index in [1.807, 2.05) is 6.07 Å². The summed E-state index contributed by atoms with van der Waals surface area (Å²) in [6, 6.07) is 11.8. The number of imide groups is 1. The fourth-order valence-corrected chi connectivity index (χ4v) is 2.15. The molecule has 2 N–H and O–H groups in total. The Kier molecular flexibility index (Phi) is 3.52. The van der Waals surface area contributed by atoms with Crippen LogP contribution in [0.2, 0.25) is 5.02 Å². The van der Waals surface area contributed by atoms with Crippen molar-refractivity contribution >= 4 is 34.8 Å². The lowest BCUT2D eigenvalue weighted by atomic mass is 10.3. The first-order valence-corrected chi connectivity index (χ1v) is 6.76. The van der Waals surface area contributed by atoms with E-state index in [4.69, 9.17) is 11.6 Å². The average molecular weight is 317 g/mol. The number of hydrogen-bond acceptors (Lipinski definition) is 4. The van der Waals surface area contributed by atoms with Gasteiger partial charge in [0.05, 0.1) is 10.7 Å².